The lowest BCUT2D eigenvalue weighted by Crippen LogP contribution is -2.13. The molecule has 0 aliphatic heterocycles. The Balaban J connectivity index is 3.38. The van der Waals surface area contributed by atoms with Gasteiger partial charge >= 0.3 is 0 Å². The SMILES string of the molecule is CC(C)CCCC(C)CCC(C)CCCCCCC(C)N. The molecule has 0 aromatic heterocycles. The second-order valence-electron chi connectivity index (χ2n) is 8.08. The summed E-state index contributed by atoms with van der Waals surface area (Å²) in [5.74, 6) is 2.72. The van der Waals surface area contributed by atoms with Gasteiger partial charge in [0.05, 0.1) is 0 Å². The van der Waals surface area contributed by atoms with E-state index in [0.29, 0.717) is 6.04 Å². The van der Waals surface area contributed by atoms with Crippen molar-refractivity contribution in [1.29, 1.82) is 0 Å². The van der Waals surface area contributed by atoms with Crippen LogP contribution in [0.2, 0.25) is 0 Å². The summed E-state index contributed by atoms with van der Waals surface area (Å²) in [6.07, 6.45) is 15.3. The monoisotopic (exact) mass is 297 g/mol. The number of nitrogens with two attached hydrogens (primary N) is 1. The molecule has 0 heterocycles. The summed E-state index contributed by atoms with van der Waals surface area (Å²) < 4.78 is 0. The summed E-state index contributed by atoms with van der Waals surface area (Å²) >= 11 is 0. The van der Waals surface area contributed by atoms with Crippen molar-refractivity contribution in [3.8, 4) is 0 Å². The van der Waals surface area contributed by atoms with Crippen molar-refractivity contribution in [3.63, 3.8) is 0 Å². The molecule has 0 aliphatic rings. The van der Waals surface area contributed by atoms with Crippen molar-refractivity contribution >= 4 is 0 Å². The quantitative estimate of drug-likeness (QED) is 0.361. The van der Waals surface area contributed by atoms with E-state index in [9.17, 15) is 0 Å². The summed E-state index contributed by atoms with van der Waals surface area (Å²) in [6.45, 7) is 11.7. The summed E-state index contributed by atoms with van der Waals surface area (Å²) in [5.41, 5.74) is 5.77. The summed E-state index contributed by atoms with van der Waals surface area (Å²) in [7, 11) is 0. The van der Waals surface area contributed by atoms with E-state index in [1.54, 1.807) is 0 Å². The van der Waals surface area contributed by atoms with E-state index < -0.39 is 0 Å². The smallest absolute Gasteiger partial charge is 0.00104 e. The first-order valence-corrected chi connectivity index (χ1v) is 9.67. The van der Waals surface area contributed by atoms with E-state index in [2.05, 4.69) is 34.6 Å². The van der Waals surface area contributed by atoms with Gasteiger partial charge in [-0.15, -0.1) is 0 Å². The molecule has 0 bridgehead atoms. The van der Waals surface area contributed by atoms with E-state index in [0.717, 1.165) is 17.8 Å². The molecule has 128 valence electrons. The first-order valence-electron chi connectivity index (χ1n) is 9.67. The first-order chi connectivity index (χ1) is 9.91. The van der Waals surface area contributed by atoms with Crippen molar-refractivity contribution < 1.29 is 0 Å². The second-order valence-corrected chi connectivity index (χ2v) is 8.08. The van der Waals surface area contributed by atoms with Crippen LogP contribution >= 0.6 is 0 Å². The predicted octanol–water partition coefficient (Wildman–Crippen LogP) is 6.55. The molecule has 0 amide bonds. The predicted molar refractivity (Wildman–Crippen MR) is 97.6 cm³/mol. The molecule has 0 aromatic rings. The molecule has 3 atom stereocenters. The molecule has 21 heavy (non-hydrogen) atoms. The molecule has 1 nitrogen and oxygen atoms in total. The Morgan fingerprint density at radius 3 is 1.48 bits per heavy atom. The van der Waals surface area contributed by atoms with E-state index in [1.165, 1.54) is 70.6 Å². The van der Waals surface area contributed by atoms with Gasteiger partial charge in [0.2, 0.25) is 0 Å². The first kappa shape index (κ1) is 21.0. The lowest BCUT2D eigenvalue weighted by molar-refractivity contribution is 0.371. The van der Waals surface area contributed by atoms with E-state index in [1.807, 2.05) is 0 Å². The van der Waals surface area contributed by atoms with Gasteiger partial charge in [-0.1, -0.05) is 91.9 Å². The highest BCUT2D eigenvalue weighted by atomic mass is 14.6. The van der Waals surface area contributed by atoms with Crippen LogP contribution < -0.4 is 5.73 Å². The third kappa shape index (κ3) is 16.2. The van der Waals surface area contributed by atoms with Crippen molar-refractivity contribution in [2.45, 2.75) is 111 Å². The molecule has 0 saturated carbocycles. The topological polar surface area (TPSA) is 26.0 Å². The minimum Gasteiger partial charge on any atom is -0.328 e. The molecule has 0 fully saturated rings. The number of hydrogen-bond donors (Lipinski definition) is 1. The Labute approximate surface area is 135 Å². The van der Waals surface area contributed by atoms with Crippen LogP contribution in [0.25, 0.3) is 0 Å². The van der Waals surface area contributed by atoms with Crippen molar-refractivity contribution in [2.75, 3.05) is 0 Å². The zero-order chi connectivity index (χ0) is 16.1. The Hall–Kier alpha value is -0.0400. The van der Waals surface area contributed by atoms with Gasteiger partial charge in [0.15, 0.2) is 0 Å². The number of unbranched alkanes of at least 4 members (excludes halogenated alkanes) is 3. The van der Waals surface area contributed by atoms with Crippen LogP contribution in [0, 0.1) is 17.8 Å². The molecule has 0 radical (unpaired) electrons. The molecular weight excluding hydrogens is 254 g/mol. The van der Waals surface area contributed by atoms with Gasteiger partial charge < -0.3 is 5.73 Å². The van der Waals surface area contributed by atoms with Gasteiger partial charge in [0, 0.05) is 6.04 Å². The zero-order valence-corrected chi connectivity index (χ0v) is 15.7. The Kier molecular flexibility index (Phi) is 13.6. The van der Waals surface area contributed by atoms with Crippen molar-refractivity contribution in [1.82, 2.24) is 0 Å². The van der Waals surface area contributed by atoms with Gasteiger partial charge in [0.25, 0.3) is 0 Å². The number of rotatable bonds is 14. The van der Waals surface area contributed by atoms with Gasteiger partial charge in [0.1, 0.15) is 0 Å². The minimum atomic E-state index is 0.390. The molecule has 0 spiro atoms. The standard InChI is InChI=1S/C20H43N/c1-17(2)11-10-13-19(4)16-15-18(3)12-8-6-7-9-14-20(5)21/h17-20H,6-16,21H2,1-5H3. The summed E-state index contributed by atoms with van der Waals surface area (Å²) in [6, 6.07) is 0.390. The van der Waals surface area contributed by atoms with Crippen LogP contribution in [0.3, 0.4) is 0 Å². The van der Waals surface area contributed by atoms with Crippen LogP contribution in [0.15, 0.2) is 0 Å². The molecular formula is C20H43N. The molecule has 0 rings (SSSR count). The highest BCUT2D eigenvalue weighted by Crippen LogP contribution is 2.22. The molecule has 1 heteroatoms. The fraction of sp³-hybridized carbons (Fsp3) is 1.00. The van der Waals surface area contributed by atoms with E-state index in [-0.39, 0.29) is 0 Å². The maximum atomic E-state index is 5.77. The maximum Gasteiger partial charge on any atom is 0.00104 e. The summed E-state index contributed by atoms with van der Waals surface area (Å²) in [5, 5.41) is 0. The molecule has 0 saturated heterocycles. The van der Waals surface area contributed by atoms with E-state index >= 15 is 0 Å². The summed E-state index contributed by atoms with van der Waals surface area (Å²) in [4.78, 5) is 0. The van der Waals surface area contributed by atoms with Crippen LogP contribution in [0.4, 0.5) is 0 Å². The van der Waals surface area contributed by atoms with Crippen LogP contribution in [0.5, 0.6) is 0 Å². The van der Waals surface area contributed by atoms with Gasteiger partial charge in [-0.25, -0.2) is 0 Å². The average molecular weight is 298 g/mol. The lowest BCUT2D eigenvalue weighted by Gasteiger charge is -2.16. The highest BCUT2D eigenvalue weighted by molar-refractivity contribution is 4.61. The Bertz CT molecular complexity index is 210. The molecule has 0 aromatic carbocycles. The van der Waals surface area contributed by atoms with Crippen LogP contribution in [-0.2, 0) is 0 Å². The highest BCUT2D eigenvalue weighted by Gasteiger charge is 2.07. The van der Waals surface area contributed by atoms with Gasteiger partial charge in [-0.05, 0) is 31.1 Å². The van der Waals surface area contributed by atoms with Crippen LogP contribution in [-0.4, -0.2) is 6.04 Å². The third-order valence-corrected chi connectivity index (χ3v) is 4.74. The lowest BCUT2D eigenvalue weighted by atomic mass is 9.90. The Morgan fingerprint density at radius 2 is 1.00 bits per heavy atom. The molecule has 3 unspecified atom stereocenters. The zero-order valence-electron chi connectivity index (χ0n) is 15.7. The molecule has 0 aliphatic carbocycles. The van der Waals surface area contributed by atoms with Crippen molar-refractivity contribution in [2.24, 2.45) is 23.5 Å². The normalized spacial score (nSPS) is 16.1. The largest absolute Gasteiger partial charge is 0.328 e. The van der Waals surface area contributed by atoms with Crippen molar-refractivity contribution in [3.05, 3.63) is 0 Å². The van der Waals surface area contributed by atoms with Gasteiger partial charge in [-0.2, -0.15) is 0 Å². The fourth-order valence-corrected chi connectivity index (χ4v) is 3.04. The Morgan fingerprint density at radius 1 is 0.524 bits per heavy atom. The average Bonchev–Trinajstić information content (AvgIpc) is 2.39. The maximum absolute atomic E-state index is 5.77. The second kappa shape index (κ2) is 13.6. The minimum absolute atomic E-state index is 0.390. The number of hydrogen-bond acceptors (Lipinski definition) is 1. The third-order valence-electron chi connectivity index (χ3n) is 4.74. The molecule has 2 N–H and O–H groups in total. The fourth-order valence-electron chi connectivity index (χ4n) is 3.04. The van der Waals surface area contributed by atoms with E-state index in [4.69, 9.17) is 5.73 Å². The van der Waals surface area contributed by atoms with Gasteiger partial charge in [-0.3, -0.25) is 0 Å². The van der Waals surface area contributed by atoms with Crippen LogP contribution in [0.1, 0.15) is 105 Å².